The van der Waals surface area contributed by atoms with Gasteiger partial charge in [-0.05, 0) is 70.4 Å². The summed E-state index contributed by atoms with van der Waals surface area (Å²) in [5.41, 5.74) is 3.41. The molecule has 4 rings (SSSR count). The summed E-state index contributed by atoms with van der Waals surface area (Å²) in [7, 11) is 1.27. The number of aryl methyl sites for hydroxylation is 1. The van der Waals surface area contributed by atoms with Gasteiger partial charge in [0.15, 0.2) is 0 Å². The van der Waals surface area contributed by atoms with E-state index in [9.17, 15) is 14.4 Å². The van der Waals surface area contributed by atoms with Gasteiger partial charge in [-0.1, -0.05) is 41.9 Å². The van der Waals surface area contributed by atoms with Crippen molar-refractivity contribution in [2.75, 3.05) is 17.7 Å². The second-order valence-corrected chi connectivity index (χ2v) is 8.96. The maximum absolute atomic E-state index is 13.2. The number of hydrogen-bond acceptors (Lipinski definition) is 7. The van der Waals surface area contributed by atoms with Gasteiger partial charge >= 0.3 is 6.09 Å². The Morgan fingerprint density at radius 1 is 0.974 bits per heavy atom. The third-order valence-electron chi connectivity index (χ3n) is 5.78. The summed E-state index contributed by atoms with van der Waals surface area (Å²) < 4.78 is 6.08. The highest BCUT2D eigenvalue weighted by atomic mass is 35.5. The molecule has 0 fully saturated rings. The molecule has 0 aliphatic heterocycles. The number of tetrazole rings is 1. The summed E-state index contributed by atoms with van der Waals surface area (Å²) in [5.74, 6) is -0.677. The first kappa shape index (κ1) is 27.3. The van der Waals surface area contributed by atoms with Crippen LogP contribution in [0.5, 0.6) is 0 Å². The van der Waals surface area contributed by atoms with Crippen LogP contribution in [0.2, 0.25) is 5.02 Å². The predicted octanol–water partition coefficient (Wildman–Crippen LogP) is 3.79. The van der Waals surface area contributed by atoms with Gasteiger partial charge in [0, 0.05) is 29.2 Å². The van der Waals surface area contributed by atoms with Crippen LogP contribution in [0.25, 0.3) is 5.69 Å². The van der Waals surface area contributed by atoms with Crippen molar-refractivity contribution in [3.8, 4) is 5.69 Å². The summed E-state index contributed by atoms with van der Waals surface area (Å²) in [4.78, 5) is 37.6. The van der Waals surface area contributed by atoms with Crippen LogP contribution in [0.1, 0.15) is 17.5 Å². The normalized spacial score (nSPS) is 11.3. The number of aromatic nitrogens is 4. The Balaban J connectivity index is 1.43. The van der Waals surface area contributed by atoms with Crippen molar-refractivity contribution in [2.45, 2.75) is 25.3 Å². The molecular weight excluding hydrogens is 522 g/mol. The number of nitrogens with one attached hydrogen (secondary N) is 3. The molecule has 0 aliphatic carbocycles. The van der Waals surface area contributed by atoms with E-state index in [-0.39, 0.29) is 18.2 Å². The highest BCUT2D eigenvalue weighted by Crippen LogP contribution is 2.21. The Bertz CT molecular complexity index is 1410. The van der Waals surface area contributed by atoms with Crippen LogP contribution >= 0.6 is 11.6 Å². The first-order chi connectivity index (χ1) is 18.9. The summed E-state index contributed by atoms with van der Waals surface area (Å²) in [6.07, 6.45) is 1.64. The van der Waals surface area contributed by atoms with Gasteiger partial charge < -0.3 is 15.4 Å². The second kappa shape index (κ2) is 13.2. The van der Waals surface area contributed by atoms with Crippen LogP contribution in [0.15, 0.2) is 79.1 Å². The number of ether oxygens (including phenoxy) is 1. The molecule has 200 valence electrons. The first-order valence-electron chi connectivity index (χ1n) is 12.0. The molecule has 3 amide bonds. The van der Waals surface area contributed by atoms with Crippen LogP contribution in [-0.2, 0) is 27.2 Å². The molecule has 0 radical (unpaired) electrons. The molecule has 0 spiro atoms. The molecule has 11 nitrogen and oxygen atoms in total. The lowest BCUT2D eigenvalue weighted by Gasteiger charge is -2.19. The highest BCUT2D eigenvalue weighted by Gasteiger charge is 2.22. The van der Waals surface area contributed by atoms with E-state index >= 15 is 0 Å². The molecular formula is C27H26ClN7O4. The molecule has 1 heterocycles. The Kier molecular flexibility index (Phi) is 9.20. The van der Waals surface area contributed by atoms with Crippen LogP contribution in [-0.4, -0.2) is 51.3 Å². The SMILES string of the molecule is COC(=O)Nc1ccc(NC(=O)[C@H](Cc2ccccc2)NC(=O)CCc2cc(Cl)ccc2-n2cnnn2)cc1. The van der Waals surface area contributed by atoms with Gasteiger partial charge in [0.2, 0.25) is 11.8 Å². The van der Waals surface area contributed by atoms with Gasteiger partial charge in [-0.2, -0.15) is 0 Å². The average molecular weight is 548 g/mol. The molecule has 12 heteroatoms. The van der Waals surface area contributed by atoms with E-state index < -0.39 is 12.1 Å². The minimum absolute atomic E-state index is 0.113. The number of amides is 3. The van der Waals surface area contributed by atoms with E-state index in [1.807, 2.05) is 30.3 Å². The lowest BCUT2D eigenvalue weighted by atomic mass is 10.0. The number of benzene rings is 3. The van der Waals surface area contributed by atoms with Crippen LogP contribution in [0.4, 0.5) is 16.2 Å². The number of halogens is 1. The number of rotatable bonds is 10. The van der Waals surface area contributed by atoms with Crippen molar-refractivity contribution >= 4 is 40.9 Å². The topological polar surface area (TPSA) is 140 Å². The third kappa shape index (κ3) is 7.86. The molecule has 1 atom stereocenters. The maximum Gasteiger partial charge on any atom is 0.411 e. The van der Waals surface area contributed by atoms with Gasteiger partial charge in [-0.3, -0.25) is 14.9 Å². The number of carbonyl (C=O) groups excluding carboxylic acids is 3. The van der Waals surface area contributed by atoms with E-state index in [2.05, 4.69) is 36.2 Å². The first-order valence-corrected chi connectivity index (χ1v) is 12.4. The molecule has 4 aromatic rings. The maximum atomic E-state index is 13.2. The van der Waals surface area contributed by atoms with Crippen molar-refractivity contribution in [2.24, 2.45) is 0 Å². The van der Waals surface area contributed by atoms with Gasteiger partial charge in [-0.15, -0.1) is 5.10 Å². The zero-order valence-electron chi connectivity index (χ0n) is 21.0. The van der Waals surface area contributed by atoms with Crippen molar-refractivity contribution in [1.82, 2.24) is 25.5 Å². The fraction of sp³-hybridized carbons (Fsp3) is 0.185. The summed E-state index contributed by atoms with van der Waals surface area (Å²) in [6.45, 7) is 0. The van der Waals surface area contributed by atoms with Crippen molar-refractivity contribution < 1.29 is 19.1 Å². The number of carbonyl (C=O) groups is 3. The predicted molar refractivity (Wildman–Crippen MR) is 146 cm³/mol. The van der Waals surface area contributed by atoms with Gasteiger partial charge in [0.25, 0.3) is 0 Å². The van der Waals surface area contributed by atoms with E-state index in [1.54, 1.807) is 42.5 Å². The Labute approximate surface area is 229 Å². The molecule has 0 saturated carbocycles. The van der Waals surface area contributed by atoms with Crippen molar-refractivity contribution in [3.63, 3.8) is 0 Å². The molecule has 0 bridgehead atoms. The van der Waals surface area contributed by atoms with Gasteiger partial charge in [0.1, 0.15) is 12.4 Å². The van der Waals surface area contributed by atoms with Crippen LogP contribution in [0, 0.1) is 0 Å². The lowest BCUT2D eigenvalue weighted by molar-refractivity contribution is -0.126. The Morgan fingerprint density at radius 2 is 1.69 bits per heavy atom. The fourth-order valence-corrected chi connectivity index (χ4v) is 4.05. The number of anilines is 2. The van der Waals surface area contributed by atoms with E-state index in [0.717, 1.165) is 11.1 Å². The quantitative estimate of drug-likeness (QED) is 0.274. The van der Waals surface area contributed by atoms with E-state index in [4.69, 9.17) is 11.6 Å². The third-order valence-corrected chi connectivity index (χ3v) is 6.01. The zero-order valence-corrected chi connectivity index (χ0v) is 21.8. The molecule has 3 N–H and O–H groups in total. The summed E-state index contributed by atoms with van der Waals surface area (Å²) in [5, 5.41) is 20.0. The van der Waals surface area contributed by atoms with E-state index in [0.29, 0.717) is 34.9 Å². The fourth-order valence-electron chi connectivity index (χ4n) is 3.86. The Morgan fingerprint density at radius 3 is 2.36 bits per heavy atom. The summed E-state index contributed by atoms with van der Waals surface area (Å²) in [6, 6.07) is 20.4. The number of methoxy groups -OCH3 is 1. The largest absolute Gasteiger partial charge is 0.453 e. The van der Waals surface area contributed by atoms with Crippen LogP contribution in [0.3, 0.4) is 0 Å². The highest BCUT2D eigenvalue weighted by molar-refractivity contribution is 6.30. The van der Waals surface area contributed by atoms with Crippen molar-refractivity contribution in [3.05, 3.63) is 95.3 Å². The zero-order chi connectivity index (χ0) is 27.6. The lowest BCUT2D eigenvalue weighted by Crippen LogP contribution is -2.45. The summed E-state index contributed by atoms with van der Waals surface area (Å²) >= 11 is 6.19. The molecule has 0 saturated heterocycles. The molecule has 0 unspecified atom stereocenters. The van der Waals surface area contributed by atoms with Gasteiger partial charge in [-0.25, -0.2) is 9.48 Å². The number of nitrogens with zero attached hydrogens (tertiary/aromatic N) is 4. The van der Waals surface area contributed by atoms with E-state index in [1.165, 1.54) is 18.1 Å². The van der Waals surface area contributed by atoms with Crippen LogP contribution < -0.4 is 16.0 Å². The number of hydrogen-bond donors (Lipinski definition) is 3. The molecule has 3 aromatic carbocycles. The molecule has 0 aliphatic rings. The minimum atomic E-state index is -0.828. The van der Waals surface area contributed by atoms with Crippen molar-refractivity contribution in [1.29, 1.82) is 0 Å². The average Bonchev–Trinajstić information content (AvgIpc) is 3.48. The standard InChI is InChI=1S/C27H26ClN7O4/c1-39-27(38)31-22-11-9-21(10-12-22)30-26(37)23(15-18-5-3-2-4-6-18)32-25(36)14-7-19-16-20(28)8-13-24(19)35-17-29-33-34-35/h2-6,8-13,16-17,23H,7,14-15H2,1H3,(H,30,37)(H,31,38)(H,32,36)/t23-/m0/s1. The molecule has 1 aromatic heterocycles. The smallest absolute Gasteiger partial charge is 0.411 e. The van der Waals surface area contributed by atoms with Gasteiger partial charge in [0.05, 0.1) is 12.8 Å². The molecule has 39 heavy (non-hydrogen) atoms. The Hall–Kier alpha value is -4.77. The minimum Gasteiger partial charge on any atom is -0.453 e. The second-order valence-electron chi connectivity index (χ2n) is 8.52. The monoisotopic (exact) mass is 547 g/mol.